The second-order valence-corrected chi connectivity index (χ2v) is 4.66. The van der Waals surface area contributed by atoms with Crippen LogP contribution in [-0.4, -0.2) is 21.8 Å². The van der Waals surface area contributed by atoms with E-state index in [-0.39, 0.29) is 5.92 Å². The zero-order valence-electron chi connectivity index (χ0n) is 8.31. The Bertz CT molecular complexity index is 346. The predicted octanol–water partition coefficient (Wildman–Crippen LogP) is 2.69. The molecule has 0 aliphatic carbocycles. The summed E-state index contributed by atoms with van der Waals surface area (Å²) in [6, 6.07) is 3.67. The van der Waals surface area contributed by atoms with E-state index in [0.29, 0.717) is 10.9 Å². The van der Waals surface area contributed by atoms with E-state index in [4.69, 9.17) is 16.7 Å². The quantitative estimate of drug-likeness (QED) is 0.811. The number of aliphatic carboxylic acids is 1. The molecule has 1 aromatic heterocycles. The van der Waals surface area contributed by atoms with Crippen LogP contribution in [0.15, 0.2) is 18.3 Å². The number of rotatable bonds is 5. The molecule has 0 saturated carbocycles. The van der Waals surface area contributed by atoms with Gasteiger partial charge in [-0.3, -0.25) is 4.79 Å². The third-order valence-corrected chi connectivity index (χ3v) is 3.33. The highest BCUT2D eigenvalue weighted by Crippen LogP contribution is 2.17. The molecule has 0 saturated heterocycles. The van der Waals surface area contributed by atoms with E-state index < -0.39 is 5.97 Å². The molecule has 0 aromatic carbocycles. The van der Waals surface area contributed by atoms with Crippen molar-refractivity contribution in [3.63, 3.8) is 0 Å². The fraction of sp³-hybridized carbons (Fsp3) is 0.400. The molecule has 0 aliphatic heterocycles. The lowest BCUT2D eigenvalue weighted by atomic mass is 10.2. The zero-order valence-corrected chi connectivity index (χ0v) is 9.88. The molecular weight excluding hydrogens is 234 g/mol. The van der Waals surface area contributed by atoms with Crippen molar-refractivity contribution in [1.29, 1.82) is 0 Å². The van der Waals surface area contributed by atoms with Crippen molar-refractivity contribution in [2.24, 2.45) is 5.92 Å². The molecular formula is C10H12ClNO2S. The van der Waals surface area contributed by atoms with Crippen LogP contribution in [0.2, 0.25) is 5.15 Å². The van der Waals surface area contributed by atoms with E-state index in [1.54, 1.807) is 30.9 Å². The maximum Gasteiger partial charge on any atom is 0.307 e. The summed E-state index contributed by atoms with van der Waals surface area (Å²) in [6.45, 7) is 1.70. The molecule has 0 fully saturated rings. The first-order valence-corrected chi connectivity index (χ1v) is 6.04. The average molecular weight is 246 g/mol. The molecule has 0 amide bonds. The maximum absolute atomic E-state index is 10.6. The fourth-order valence-electron chi connectivity index (χ4n) is 0.957. The smallest absolute Gasteiger partial charge is 0.307 e. The van der Waals surface area contributed by atoms with Gasteiger partial charge in [-0.2, -0.15) is 11.8 Å². The van der Waals surface area contributed by atoms with Crippen molar-refractivity contribution in [2.75, 3.05) is 5.75 Å². The number of thioether (sulfide) groups is 1. The number of halogens is 1. The lowest BCUT2D eigenvalue weighted by Gasteiger charge is -2.05. The minimum absolute atomic E-state index is 0.313. The van der Waals surface area contributed by atoms with Crippen LogP contribution in [0, 0.1) is 5.92 Å². The summed E-state index contributed by atoms with van der Waals surface area (Å²) < 4.78 is 0. The Kier molecular flexibility index (Phi) is 4.91. The second-order valence-electron chi connectivity index (χ2n) is 3.24. The van der Waals surface area contributed by atoms with E-state index in [2.05, 4.69) is 4.98 Å². The molecule has 5 heteroatoms. The van der Waals surface area contributed by atoms with Gasteiger partial charge in [-0.25, -0.2) is 4.98 Å². The van der Waals surface area contributed by atoms with Crippen LogP contribution in [0.1, 0.15) is 12.5 Å². The largest absolute Gasteiger partial charge is 0.481 e. The number of pyridine rings is 1. The van der Waals surface area contributed by atoms with Crippen molar-refractivity contribution in [1.82, 2.24) is 4.98 Å². The van der Waals surface area contributed by atoms with E-state index in [0.717, 1.165) is 11.3 Å². The molecule has 0 aliphatic rings. The standard InChI is InChI=1S/C10H12ClNO2S/c1-7(10(13)14)5-15-6-8-2-3-12-9(11)4-8/h2-4,7H,5-6H2,1H3,(H,13,14). The number of hydrogen-bond donors (Lipinski definition) is 1. The molecule has 0 radical (unpaired) electrons. The topological polar surface area (TPSA) is 50.2 Å². The molecule has 3 nitrogen and oxygen atoms in total. The molecule has 0 spiro atoms. The summed E-state index contributed by atoms with van der Waals surface area (Å²) >= 11 is 7.31. The summed E-state index contributed by atoms with van der Waals surface area (Å²) in [5.74, 6) is 0.303. The number of hydrogen-bond acceptors (Lipinski definition) is 3. The van der Waals surface area contributed by atoms with Crippen molar-refractivity contribution >= 4 is 29.3 Å². The summed E-state index contributed by atoms with van der Waals surface area (Å²) in [4.78, 5) is 14.4. The van der Waals surface area contributed by atoms with Crippen LogP contribution < -0.4 is 0 Å². The fourth-order valence-corrected chi connectivity index (χ4v) is 2.18. The minimum Gasteiger partial charge on any atom is -0.481 e. The Morgan fingerprint density at radius 3 is 3.07 bits per heavy atom. The van der Waals surface area contributed by atoms with E-state index in [9.17, 15) is 4.79 Å². The second kappa shape index (κ2) is 5.98. The van der Waals surface area contributed by atoms with Gasteiger partial charge in [0.25, 0.3) is 0 Å². The number of nitrogens with zero attached hydrogens (tertiary/aromatic N) is 1. The Morgan fingerprint density at radius 1 is 1.73 bits per heavy atom. The van der Waals surface area contributed by atoms with Gasteiger partial charge in [0.2, 0.25) is 0 Å². The summed E-state index contributed by atoms with van der Waals surface area (Å²) in [5.41, 5.74) is 1.07. The third-order valence-electron chi connectivity index (χ3n) is 1.85. The molecule has 1 atom stereocenters. The number of carboxylic acids is 1. The molecule has 1 heterocycles. The highest BCUT2D eigenvalue weighted by Gasteiger charge is 2.10. The monoisotopic (exact) mass is 245 g/mol. The first-order chi connectivity index (χ1) is 7.09. The molecule has 15 heavy (non-hydrogen) atoms. The number of carboxylic acid groups (broad SMARTS) is 1. The SMILES string of the molecule is CC(CSCc1ccnc(Cl)c1)C(=O)O. The molecule has 1 N–H and O–H groups in total. The first-order valence-electron chi connectivity index (χ1n) is 4.50. The van der Waals surface area contributed by atoms with Crippen LogP contribution in [0.3, 0.4) is 0 Å². The molecule has 82 valence electrons. The van der Waals surface area contributed by atoms with Crippen molar-refractivity contribution in [2.45, 2.75) is 12.7 Å². The predicted molar refractivity (Wildman–Crippen MR) is 62.2 cm³/mol. The van der Waals surface area contributed by atoms with Crippen molar-refractivity contribution in [3.8, 4) is 0 Å². The van der Waals surface area contributed by atoms with Gasteiger partial charge >= 0.3 is 5.97 Å². The summed E-state index contributed by atoms with van der Waals surface area (Å²) in [6.07, 6.45) is 1.65. The normalized spacial score (nSPS) is 12.4. The Hall–Kier alpha value is -0.740. The molecule has 1 rings (SSSR count). The summed E-state index contributed by atoms with van der Waals surface area (Å²) in [5, 5.41) is 9.15. The van der Waals surface area contributed by atoms with Gasteiger partial charge in [-0.15, -0.1) is 0 Å². The van der Waals surface area contributed by atoms with Crippen molar-refractivity contribution < 1.29 is 9.90 Å². The summed E-state index contributed by atoms with van der Waals surface area (Å²) in [7, 11) is 0. The van der Waals surface area contributed by atoms with Gasteiger partial charge in [0.15, 0.2) is 0 Å². The van der Waals surface area contributed by atoms with Gasteiger partial charge < -0.3 is 5.11 Å². The number of carbonyl (C=O) groups is 1. The minimum atomic E-state index is -0.754. The Balaban J connectivity index is 2.35. The molecule has 1 aromatic rings. The highest BCUT2D eigenvalue weighted by atomic mass is 35.5. The molecule has 1 unspecified atom stereocenters. The maximum atomic E-state index is 10.6. The van der Waals surface area contributed by atoms with E-state index >= 15 is 0 Å². The van der Waals surface area contributed by atoms with E-state index in [1.165, 1.54) is 0 Å². The Morgan fingerprint density at radius 2 is 2.47 bits per heavy atom. The van der Waals surface area contributed by atoms with Crippen LogP contribution in [0.5, 0.6) is 0 Å². The van der Waals surface area contributed by atoms with Gasteiger partial charge in [0, 0.05) is 17.7 Å². The lowest BCUT2D eigenvalue weighted by molar-refractivity contribution is -0.140. The lowest BCUT2D eigenvalue weighted by Crippen LogP contribution is -2.11. The van der Waals surface area contributed by atoms with Gasteiger partial charge in [0.1, 0.15) is 5.15 Å². The highest BCUT2D eigenvalue weighted by molar-refractivity contribution is 7.98. The Labute approximate surface area is 97.9 Å². The van der Waals surface area contributed by atoms with E-state index in [1.807, 2.05) is 6.07 Å². The van der Waals surface area contributed by atoms with Crippen LogP contribution in [0.4, 0.5) is 0 Å². The average Bonchev–Trinajstić information content (AvgIpc) is 2.17. The van der Waals surface area contributed by atoms with Crippen LogP contribution in [0.25, 0.3) is 0 Å². The van der Waals surface area contributed by atoms with Gasteiger partial charge in [-0.1, -0.05) is 18.5 Å². The van der Waals surface area contributed by atoms with Gasteiger partial charge in [0.05, 0.1) is 5.92 Å². The third kappa shape index (κ3) is 4.53. The molecule has 0 bridgehead atoms. The van der Waals surface area contributed by atoms with Gasteiger partial charge in [-0.05, 0) is 17.7 Å². The van der Waals surface area contributed by atoms with Crippen molar-refractivity contribution in [3.05, 3.63) is 29.0 Å². The zero-order chi connectivity index (χ0) is 11.3. The van der Waals surface area contributed by atoms with Crippen LogP contribution >= 0.6 is 23.4 Å². The van der Waals surface area contributed by atoms with Crippen LogP contribution in [-0.2, 0) is 10.5 Å². The number of aromatic nitrogens is 1. The first kappa shape index (κ1) is 12.3.